The predicted octanol–water partition coefficient (Wildman–Crippen LogP) is 3.27. The summed E-state index contributed by atoms with van der Waals surface area (Å²) in [5, 5.41) is 12.4. The Bertz CT molecular complexity index is 412. The molecule has 0 bridgehead atoms. The van der Waals surface area contributed by atoms with Crippen molar-refractivity contribution in [3.05, 3.63) is 28.2 Å². The maximum Gasteiger partial charge on any atom is 0.122 e. The Labute approximate surface area is 111 Å². The first-order valence-electron chi connectivity index (χ1n) is 5.55. The maximum atomic E-state index is 9.21. The summed E-state index contributed by atoms with van der Waals surface area (Å²) in [7, 11) is 1.62. The van der Waals surface area contributed by atoms with E-state index in [0.29, 0.717) is 5.92 Å². The molecule has 1 aromatic rings. The van der Waals surface area contributed by atoms with E-state index in [4.69, 9.17) is 4.74 Å². The molecule has 0 spiro atoms. The Hall–Kier alpha value is -1.05. The lowest BCUT2D eigenvalue weighted by atomic mass is 10.1. The largest absolute Gasteiger partial charge is 0.497 e. The zero-order chi connectivity index (χ0) is 12.8. The molecular formula is C13H17BrN2O. The summed E-state index contributed by atoms with van der Waals surface area (Å²) in [4.78, 5) is 0. The summed E-state index contributed by atoms with van der Waals surface area (Å²) >= 11 is 3.46. The van der Waals surface area contributed by atoms with Crippen molar-refractivity contribution in [1.29, 1.82) is 5.26 Å². The van der Waals surface area contributed by atoms with Gasteiger partial charge in [-0.25, -0.2) is 0 Å². The molecule has 0 saturated heterocycles. The number of nitrogens with zero attached hydrogens (tertiary/aromatic N) is 1. The summed E-state index contributed by atoms with van der Waals surface area (Å²) in [5.74, 6) is 1.27. The number of rotatable bonds is 5. The van der Waals surface area contributed by atoms with Gasteiger partial charge in [0.1, 0.15) is 11.8 Å². The monoisotopic (exact) mass is 296 g/mol. The average molecular weight is 297 g/mol. The van der Waals surface area contributed by atoms with Crippen LogP contribution in [0, 0.1) is 17.2 Å². The summed E-state index contributed by atoms with van der Waals surface area (Å²) in [6, 6.07) is 7.60. The molecule has 1 rings (SSSR count). The number of nitriles is 1. The quantitative estimate of drug-likeness (QED) is 0.907. The normalized spacial score (nSPS) is 12.2. The SMILES string of the molecule is COc1ccc(Br)c(C(C#N)NCC(C)C)c1. The molecule has 17 heavy (non-hydrogen) atoms. The van der Waals surface area contributed by atoms with Crippen LogP contribution in [0.15, 0.2) is 22.7 Å². The Morgan fingerprint density at radius 2 is 2.18 bits per heavy atom. The predicted molar refractivity (Wildman–Crippen MR) is 71.9 cm³/mol. The van der Waals surface area contributed by atoms with E-state index in [2.05, 4.69) is 41.2 Å². The summed E-state index contributed by atoms with van der Waals surface area (Å²) in [5.41, 5.74) is 0.910. The second-order valence-electron chi connectivity index (χ2n) is 4.25. The van der Waals surface area contributed by atoms with Crippen LogP contribution >= 0.6 is 15.9 Å². The molecule has 1 N–H and O–H groups in total. The maximum absolute atomic E-state index is 9.21. The highest BCUT2D eigenvalue weighted by Gasteiger charge is 2.14. The Kier molecular flexibility index (Phi) is 5.46. The molecule has 0 aromatic heterocycles. The van der Waals surface area contributed by atoms with Crippen molar-refractivity contribution in [2.75, 3.05) is 13.7 Å². The molecule has 0 aliphatic carbocycles. The third-order valence-corrected chi connectivity index (χ3v) is 3.10. The fourth-order valence-corrected chi connectivity index (χ4v) is 1.92. The lowest BCUT2D eigenvalue weighted by Crippen LogP contribution is -2.24. The molecule has 4 heteroatoms. The van der Waals surface area contributed by atoms with E-state index in [1.807, 2.05) is 18.2 Å². The van der Waals surface area contributed by atoms with Crippen molar-refractivity contribution in [2.24, 2.45) is 5.92 Å². The fourth-order valence-electron chi connectivity index (χ4n) is 1.45. The van der Waals surface area contributed by atoms with Gasteiger partial charge in [-0.3, -0.25) is 5.32 Å². The zero-order valence-corrected chi connectivity index (χ0v) is 11.9. The van der Waals surface area contributed by atoms with E-state index in [0.717, 1.165) is 22.3 Å². The third kappa shape index (κ3) is 4.03. The molecule has 0 heterocycles. The van der Waals surface area contributed by atoms with Gasteiger partial charge in [-0.15, -0.1) is 0 Å². The van der Waals surface area contributed by atoms with Crippen LogP contribution in [0.4, 0.5) is 0 Å². The molecule has 0 fully saturated rings. The lowest BCUT2D eigenvalue weighted by molar-refractivity contribution is 0.413. The van der Waals surface area contributed by atoms with Gasteiger partial charge in [-0.2, -0.15) is 5.26 Å². The van der Waals surface area contributed by atoms with Crippen molar-refractivity contribution in [1.82, 2.24) is 5.32 Å². The molecule has 0 saturated carbocycles. The van der Waals surface area contributed by atoms with Gasteiger partial charge < -0.3 is 4.74 Å². The molecular weight excluding hydrogens is 280 g/mol. The van der Waals surface area contributed by atoms with E-state index in [1.54, 1.807) is 7.11 Å². The first kappa shape index (κ1) is 14.0. The van der Waals surface area contributed by atoms with Crippen molar-refractivity contribution in [3.8, 4) is 11.8 Å². The standard InChI is InChI=1S/C13H17BrN2O/c1-9(2)8-16-13(7-15)11-6-10(17-3)4-5-12(11)14/h4-6,9,13,16H,8H2,1-3H3. The second kappa shape index (κ2) is 6.63. The van der Waals surface area contributed by atoms with Crippen LogP contribution in [0.5, 0.6) is 5.75 Å². The van der Waals surface area contributed by atoms with Crippen LogP contribution in [-0.4, -0.2) is 13.7 Å². The third-order valence-electron chi connectivity index (χ3n) is 2.37. The highest BCUT2D eigenvalue weighted by atomic mass is 79.9. The van der Waals surface area contributed by atoms with Crippen molar-refractivity contribution >= 4 is 15.9 Å². The highest BCUT2D eigenvalue weighted by Crippen LogP contribution is 2.27. The summed E-state index contributed by atoms with van der Waals surface area (Å²) < 4.78 is 6.09. The fraction of sp³-hybridized carbons (Fsp3) is 0.462. The van der Waals surface area contributed by atoms with Crippen LogP contribution in [-0.2, 0) is 0 Å². The van der Waals surface area contributed by atoms with E-state index in [1.165, 1.54) is 0 Å². The minimum absolute atomic E-state index is 0.318. The van der Waals surface area contributed by atoms with Gasteiger partial charge in [0.2, 0.25) is 0 Å². The number of halogens is 1. The van der Waals surface area contributed by atoms with Gasteiger partial charge >= 0.3 is 0 Å². The number of hydrogen-bond acceptors (Lipinski definition) is 3. The summed E-state index contributed by atoms with van der Waals surface area (Å²) in [6.45, 7) is 5.03. The van der Waals surface area contributed by atoms with Crippen LogP contribution < -0.4 is 10.1 Å². The van der Waals surface area contributed by atoms with Crippen LogP contribution in [0.2, 0.25) is 0 Å². The molecule has 1 atom stereocenters. The van der Waals surface area contributed by atoms with Crippen molar-refractivity contribution < 1.29 is 4.74 Å². The van der Waals surface area contributed by atoms with Crippen LogP contribution in [0.1, 0.15) is 25.5 Å². The van der Waals surface area contributed by atoms with E-state index < -0.39 is 0 Å². The van der Waals surface area contributed by atoms with Crippen molar-refractivity contribution in [3.63, 3.8) is 0 Å². The van der Waals surface area contributed by atoms with Gasteiger partial charge in [0.15, 0.2) is 0 Å². The molecule has 0 amide bonds. The van der Waals surface area contributed by atoms with Gasteiger partial charge in [-0.1, -0.05) is 29.8 Å². The van der Waals surface area contributed by atoms with E-state index >= 15 is 0 Å². The van der Waals surface area contributed by atoms with E-state index in [-0.39, 0.29) is 6.04 Å². The average Bonchev–Trinajstić information content (AvgIpc) is 2.31. The van der Waals surface area contributed by atoms with Gasteiger partial charge in [0, 0.05) is 10.0 Å². The Morgan fingerprint density at radius 1 is 1.47 bits per heavy atom. The molecule has 0 aliphatic rings. The molecule has 0 radical (unpaired) electrons. The number of hydrogen-bond donors (Lipinski definition) is 1. The smallest absolute Gasteiger partial charge is 0.122 e. The first-order valence-corrected chi connectivity index (χ1v) is 6.34. The van der Waals surface area contributed by atoms with E-state index in [9.17, 15) is 5.26 Å². The zero-order valence-electron chi connectivity index (χ0n) is 10.3. The number of methoxy groups -OCH3 is 1. The van der Waals surface area contributed by atoms with Crippen LogP contribution in [0.25, 0.3) is 0 Å². The van der Waals surface area contributed by atoms with Gasteiger partial charge in [-0.05, 0) is 30.7 Å². The number of nitrogens with one attached hydrogen (secondary N) is 1. The molecule has 1 unspecified atom stereocenters. The topological polar surface area (TPSA) is 45.0 Å². The highest BCUT2D eigenvalue weighted by molar-refractivity contribution is 9.10. The Balaban J connectivity index is 2.91. The van der Waals surface area contributed by atoms with Crippen molar-refractivity contribution in [2.45, 2.75) is 19.9 Å². The first-order chi connectivity index (χ1) is 8.08. The minimum atomic E-state index is -0.318. The molecule has 1 aromatic carbocycles. The molecule has 92 valence electrons. The second-order valence-corrected chi connectivity index (χ2v) is 5.11. The van der Waals surface area contributed by atoms with Gasteiger partial charge in [0.25, 0.3) is 0 Å². The number of ether oxygens (including phenoxy) is 1. The van der Waals surface area contributed by atoms with Crippen LogP contribution in [0.3, 0.4) is 0 Å². The number of benzene rings is 1. The van der Waals surface area contributed by atoms with Gasteiger partial charge in [0.05, 0.1) is 13.2 Å². The summed E-state index contributed by atoms with van der Waals surface area (Å²) in [6.07, 6.45) is 0. The Morgan fingerprint density at radius 3 is 2.71 bits per heavy atom. The minimum Gasteiger partial charge on any atom is -0.497 e. The molecule has 0 aliphatic heterocycles. The molecule has 3 nitrogen and oxygen atoms in total. The lowest BCUT2D eigenvalue weighted by Gasteiger charge is -2.16.